The molecule has 0 atom stereocenters. The molecule has 1 aliphatic rings. The van der Waals surface area contributed by atoms with Crippen LogP contribution < -0.4 is 5.32 Å². The molecule has 5 heteroatoms. The number of nitrogens with one attached hydrogen (secondary N) is 1. The fourth-order valence-corrected chi connectivity index (χ4v) is 2.43. The number of halogens is 1. The minimum absolute atomic E-state index is 0.239. The van der Waals surface area contributed by atoms with E-state index in [-0.39, 0.29) is 5.91 Å². The lowest BCUT2D eigenvalue weighted by molar-refractivity contribution is -0.122. The Kier molecular flexibility index (Phi) is 3.43. The van der Waals surface area contributed by atoms with Crippen LogP contribution in [0.5, 0.6) is 0 Å². The van der Waals surface area contributed by atoms with Gasteiger partial charge >= 0.3 is 0 Å². The van der Waals surface area contributed by atoms with Gasteiger partial charge in [0.15, 0.2) is 0 Å². The molecule has 17 heavy (non-hydrogen) atoms. The zero-order chi connectivity index (χ0) is 12.3. The van der Waals surface area contributed by atoms with Gasteiger partial charge in [-0.3, -0.25) is 4.79 Å². The molecule has 0 aromatic carbocycles. The van der Waals surface area contributed by atoms with E-state index in [2.05, 4.69) is 32.3 Å². The first-order valence-corrected chi connectivity index (χ1v) is 6.30. The second kappa shape index (κ2) is 4.84. The number of hydrogen-bond acceptors (Lipinski definition) is 3. The average Bonchev–Trinajstić information content (AvgIpc) is 2.82. The lowest BCUT2D eigenvalue weighted by Gasteiger charge is -2.19. The maximum absolute atomic E-state index is 12.1. The molecule has 0 radical (unpaired) electrons. The number of amides is 1. The SMILES string of the molecule is N#CC1(C(=O)Nc2ncccc2Br)CCCC1. The largest absolute Gasteiger partial charge is 0.308 e. The van der Waals surface area contributed by atoms with E-state index in [1.165, 1.54) is 0 Å². The van der Waals surface area contributed by atoms with Crippen LogP contribution in [0.1, 0.15) is 25.7 Å². The average molecular weight is 294 g/mol. The molecule has 88 valence electrons. The van der Waals surface area contributed by atoms with Crippen LogP contribution >= 0.6 is 15.9 Å². The molecule has 1 heterocycles. The Morgan fingerprint density at radius 1 is 1.53 bits per heavy atom. The first-order chi connectivity index (χ1) is 8.18. The van der Waals surface area contributed by atoms with Crippen molar-refractivity contribution in [3.63, 3.8) is 0 Å². The van der Waals surface area contributed by atoms with Crippen molar-refractivity contribution in [2.45, 2.75) is 25.7 Å². The Bertz CT molecular complexity index is 475. The molecule has 0 spiro atoms. The lowest BCUT2D eigenvalue weighted by Crippen LogP contribution is -2.32. The summed E-state index contributed by atoms with van der Waals surface area (Å²) in [7, 11) is 0. The monoisotopic (exact) mass is 293 g/mol. The predicted octanol–water partition coefficient (Wildman–Crippen LogP) is 2.87. The van der Waals surface area contributed by atoms with Gasteiger partial charge < -0.3 is 5.32 Å². The third-order valence-electron chi connectivity index (χ3n) is 3.10. The molecule has 1 aromatic rings. The van der Waals surface area contributed by atoms with Gasteiger partial charge in [-0.05, 0) is 40.9 Å². The van der Waals surface area contributed by atoms with E-state index in [1.54, 1.807) is 18.3 Å². The standard InChI is InChI=1S/C12H12BrN3O/c13-9-4-3-7-15-10(9)16-11(17)12(8-14)5-1-2-6-12/h3-4,7H,1-2,5-6H2,(H,15,16,17). The Labute approximate surface area is 108 Å². The van der Waals surface area contributed by atoms with E-state index in [0.717, 1.165) is 17.3 Å². The van der Waals surface area contributed by atoms with Gasteiger partial charge in [0.05, 0.1) is 10.5 Å². The zero-order valence-electron chi connectivity index (χ0n) is 9.24. The lowest BCUT2D eigenvalue weighted by atomic mass is 9.87. The van der Waals surface area contributed by atoms with Crippen molar-refractivity contribution in [3.8, 4) is 6.07 Å². The van der Waals surface area contributed by atoms with Crippen LogP contribution in [0.25, 0.3) is 0 Å². The Balaban J connectivity index is 2.17. The van der Waals surface area contributed by atoms with Gasteiger partial charge in [-0.15, -0.1) is 0 Å². The van der Waals surface area contributed by atoms with Gasteiger partial charge in [0, 0.05) is 6.20 Å². The van der Waals surface area contributed by atoms with Crippen molar-refractivity contribution >= 4 is 27.7 Å². The predicted molar refractivity (Wildman–Crippen MR) is 67.1 cm³/mol. The van der Waals surface area contributed by atoms with Crippen LogP contribution in [-0.2, 0) is 4.79 Å². The molecule has 0 bridgehead atoms. The van der Waals surface area contributed by atoms with E-state index in [4.69, 9.17) is 0 Å². The molecule has 4 nitrogen and oxygen atoms in total. The number of carbonyl (C=O) groups excluding carboxylic acids is 1. The van der Waals surface area contributed by atoms with Crippen LogP contribution in [0, 0.1) is 16.7 Å². The van der Waals surface area contributed by atoms with Gasteiger partial charge in [0.2, 0.25) is 5.91 Å². The summed E-state index contributed by atoms with van der Waals surface area (Å²) in [4.78, 5) is 16.2. The van der Waals surface area contributed by atoms with Crippen LogP contribution in [0.4, 0.5) is 5.82 Å². The summed E-state index contributed by atoms with van der Waals surface area (Å²) >= 11 is 3.31. The third-order valence-corrected chi connectivity index (χ3v) is 3.74. The van der Waals surface area contributed by atoms with Gasteiger partial charge in [0.25, 0.3) is 0 Å². The van der Waals surface area contributed by atoms with E-state index >= 15 is 0 Å². The Morgan fingerprint density at radius 3 is 2.82 bits per heavy atom. The molecule has 1 aromatic heterocycles. The zero-order valence-corrected chi connectivity index (χ0v) is 10.8. The summed E-state index contributed by atoms with van der Waals surface area (Å²) in [5.74, 6) is 0.232. The van der Waals surface area contributed by atoms with Crippen LogP contribution in [0.2, 0.25) is 0 Å². The van der Waals surface area contributed by atoms with Gasteiger partial charge in [-0.2, -0.15) is 5.26 Å². The molecule has 1 amide bonds. The molecule has 2 rings (SSSR count). The summed E-state index contributed by atoms with van der Waals surface area (Å²) in [6, 6.07) is 5.74. The van der Waals surface area contributed by atoms with Crippen LogP contribution in [0.15, 0.2) is 22.8 Å². The highest BCUT2D eigenvalue weighted by Gasteiger charge is 2.41. The summed E-state index contributed by atoms with van der Waals surface area (Å²) in [5, 5.41) is 11.9. The third kappa shape index (κ3) is 2.32. The maximum atomic E-state index is 12.1. The number of nitrogens with zero attached hydrogens (tertiary/aromatic N) is 2. The van der Waals surface area contributed by atoms with Crippen molar-refractivity contribution in [2.24, 2.45) is 5.41 Å². The molecule has 0 unspecified atom stereocenters. The second-order valence-corrected chi connectivity index (χ2v) is 5.04. The summed E-state index contributed by atoms with van der Waals surface area (Å²) in [6.07, 6.45) is 4.75. The highest BCUT2D eigenvalue weighted by atomic mass is 79.9. The van der Waals surface area contributed by atoms with Crippen molar-refractivity contribution in [3.05, 3.63) is 22.8 Å². The summed E-state index contributed by atoms with van der Waals surface area (Å²) in [5.41, 5.74) is -0.864. The highest BCUT2D eigenvalue weighted by Crippen LogP contribution is 2.38. The van der Waals surface area contributed by atoms with Crippen molar-refractivity contribution in [1.82, 2.24) is 4.98 Å². The molecular formula is C12H12BrN3O. The molecule has 1 saturated carbocycles. The first kappa shape index (κ1) is 12.1. The molecule has 1 aliphatic carbocycles. The van der Waals surface area contributed by atoms with E-state index in [9.17, 15) is 10.1 Å². The van der Waals surface area contributed by atoms with Crippen molar-refractivity contribution in [1.29, 1.82) is 5.26 Å². The number of nitriles is 1. The van der Waals surface area contributed by atoms with Crippen LogP contribution in [0.3, 0.4) is 0 Å². The highest BCUT2D eigenvalue weighted by molar-refractivity contribution is 9.10. The number of aromatic nitrogens is 1. The molecule has 0 saturated heterocycles. The smallest absolute Gasteiger partial charge is 0.246 e. The van der Waals surface area contributed by atoms with Crippen molar-refractivity contribution < 1.29 is 4.79 Å². The summed E-state index contributed by atoms with van der Waals surface area (Å²) < 4.78 is 0.722. The number of pyridine rings is 1. The molecule has 1 fully saturated rings. The van der Waals surface area contributed by atoms with E-state index < -0.39 is 5.41 Å². The molecule has 0 aliphatic heterocycles. The van der Waals surface area contributed by atoms with Gasteiger partial charge in [-0.1, -0.05) is 12.8 Å². The van der Waals surface area contributed by atoms with Gasteiger partial charge in [-0.25, -0.2) is 4.98 Å². The minimum atomic E-state index is -0.864. The Hall–Kier alpha value is -1.41. The van der Waals surface area contributed by atoms with E-state index in [0.29, 0.717) is 18.7 Å². The van der Waals surface area contributed by atoms with Crippen LogP contribution in [-0.4, -0.2) is 10.9 Å². The quantitative estimate of drug-likeness (QED) is 0.912. The maximum Gasteiger partial charge on any atom is 0.246 e. The number of carbonyl (C=O) groups is 1. The number of hydrogen-bond donors (Lipinski definition) is 1. The fraction of sp³-hybridized carbons (Fsp3) is 0.417. The number of rotatable bonds is 2. The topological polar surface area (TPSA) is 65.8 Å². The normalized spacial score (nSPS) is 17.4. The second-order valence-electron chi connectivity index (χ2n) is 4.19. The first-order valence-electron chi connectivity index (χ1n) is 5.51. The van der Waals surface area contributed by atoms with E-state index in [1.807, 2.05) is 0 Å². The molecular weight excluding hydrogens is 282 g/mol. The van der Waals surface area contributed by atoms with Gasteiger partial charge in [0.1, 0.15) is 11.2 Å². The van der Waals surface area contributed by atoms with Crippen molar-refractivity contribution in [2.75, 3.05) is 5.32 Å². The fourth-order valence-electron chi connectivity index (χ4n) is 2.07. The Morgan fingerprint density at radius 2 is 2.24 bits per heavy atom. The number of anilines is 1. The summed E-state index contributed by atoms with van der Waals surface area (Å²) in [6.45, 7) is 0. The molecule has 1 N–H and O–H groups in total. The minimum Gasteiger partial charge on any atom is -0.308 e.